The Labute approximate surface area is 456 Å². The number of esters is 2. The zero-order valence-electron chi connectivity index (χ0n) is 48.6. The highest BCUT2D eigenvalue weighted by molar-refractivity contribution is 7.47. The number of unbranched alkanes of at least 4 members (excludes halogenated alkanes) is 27. The van der Waals surface area contributed by atoms with E-state index in [4.69, 9.17) is 18.5 Å². The first-order chi connectivity index (χ1) is 36.0. The van der Waals surface area contributed by atoms with Crippen LogP contribution in [0.15, 0.2) is 85.1 Å². The topological polar surface area (TPSA) is 108 Å². The number of carbonyl (C=O) groups is 2. The molecule has 0 amide bonds. The molecule has 74 heavy (non-hydrogen) atoms. The first-order valence-corrected chi connectivity index (χ1v) is 31.8. The number of likely N-dealkylation sites (N-methyl/N-ethyl adjacent to an activating group) is 1. The van der Waals surface area contributed by atoms with E-state index < -0.39 is 26.5 Å². The Hall–Kier alpha value is -2.81. The third kappa shape index (κ3) is 58.5. The second kappa shape index (κ2) is 55.0. The minimum Gasteiger partial charge on any atom is -0.462 e. The van der Waals surface area contributed by atoms with Crippen LogP contribution in [-0.4, -0.2) is 74.9 Å². The molecule has 0 saturated heterocycles. The van der Waals surface area contributed by atoms with Crippen LogP contribution in [0.4, 0.5) is 0 Å². The van der Waals surface area contributed by atoms with Crippen molar-refractivity contribution in [2.75, 3.05) is 47.5 Å². The normalized spacial score (nSPS) is 13.9. The number of nitrogens with zero attached hydrogens (tertiary/aromatic N) is 1. The van der Waals surface area contributed by atoms with E-state index in [1.165, 1.54) is 141 Å². The Morgan fingerprint density at radius 3 is 1.15 bits per heavy atom. The lowest BCUT2D eigenvalue weighted by molar-refractivity contribution is -0.870. The Balaban J connectivity index is 4.10. The fourth-order valence-corrected chi connectivity index (χ4v) is 8.99. The van der Waals surface area contributed by atoms with Gasteiger partial charge in [-0.05, 0) is 89.9 Å². The van der Waals surface area contributed by atoms with Crippen LogP contribution in [0.3, 0.4) is 0 Å². The van der Waals surface area contributed by atoms with Gasteiger partial charge in [-0.3, -0.25) is 18.6 Å². The number of hydrogen-bond acceptors (Lipinski definition) is 7. The second-order valence-electron chi connectivity index (χ2n) is 21.4. The summed E-state index contributed by atoms with van der Waals surface area (Å²) in [5.74, 6) is -0.808. The fourth-order valence-electron chi connectivity index (χ4n) is 8.25. The maximum atomic E-state index is 12.8. The van der Waals surface area contributed by atoms with Crippen molar-refractivity contribution in [3.63, 3.8) is 0 Å². The monoisotopic (exact) mass is 1060 g/mol. The van der Waals surface area contributed by atoms with E-state index in [-0.39, 0.29) is 32.0 Å². The largest absolute Gasteiger partial charge is 0.472 e. The average molecular weight is 1060 g/mol. The van der Waals surface area contributed by atoms with E-state index in [9.17, 15) is 19.0 Å². The summed E-state index contributed by atoms with van der Waals surface area (Å²) in [6.07, 6.45) is 73.7. The number of phosphoric acid groups is 1. The van der Waals surface area contributed by atoms with Gasteiger partial charge in [0, 0.05) is 12.8 Å². The van der Waals surface area contributed by atoms with Gasteiger partial charge in [0.15, 0.2) is 6.10 Å². The number of phosphoric ester groups is 1. The Bertz CT molecular complexity index is 1520. The number of quaternary nitrogens is 1. The summed E-state index contributed by atoms with van der Waals surface area (Å²) in [5, 5.41) is 0. The molecule has 0 radical (unpaired) electrons. The maximum absolute atomic E-state index is 12.8. The fraction of sp³-hybridized carbons (Fsp3) is 0.750. The third-order valence-electron chi connectivity index (χ3n) is 12.9. The van der Waals surface area contributed by atoms with Gasteiger partial charge in [-0.15, -0.1) is 0 Å². The molecule has 0 aromatic carbocycles. The van der Waals surface area contributed by atoms with E-state index in [2.05, 4.69) is 98.9 Å². The lowest BCUT2D eigenvalue weighted by Gasteiger charge is -2.24. The number of carbonyl (C=O) groups excluding carboxylic acids is 2. The molecule has 0 heterocycles. The van der Waals surface area contributed by atoms with Gasteiger partial charge < -0.3 is 18.9 Å². The minimum absolute atomic E-state index is 0.0272. The molecule has 0 aromatic rings. The third-order valence-corrected chi connectivity index (χ3v) is 13.9. The molecule has 2 unspecified atom stereocenters. The van der Waals surface area contributed by atoms with Crippen molar-refractivity contribution >= 4 is 19.8 Å². The summed E-state index contributed by atoms with van der Waals surface area (Å²) in [5.41, 5.74) is 0. The molecule has 0 aliphatic heterocycles. The van der Waals surface area contributed by atoms with Crippen LogP contribution >= 0.6 is 7.82 Å². The van der Waals surface area contributed by atoms with Gasteiger partial charge in [-0.25, -0.2) is 4.57 Å². The molecule has 10 heteroatoms. The molecule has 9 nitrogen and oxygen atoms in total. The number of rotatable bonds is 55. The molecule has 0 fully saturated rings. The molecule has 0 spiro atoms. The van der Waals surface area contributed by atoms with Gasteiger partial charge in [0.1, 0.15) is 19.8 Å². The molecular weight excluding hydrogens is 942 g/mol. The minimum atomic E-state index is -4.39. The molecule has 428 valence electrons. The SMILES string of the molecule is CC/C=C\C/C=C\C/C=C\C/C=C\CCCCCCCCCCCCCCCCCCCCC(=O)OC(COC(=O)CCCCCCCC/C=C\C/C=C\C/C=C\CCCCC)COP(=O)(O)OCC[N+](C)(C)C. The summed E-state index contributed by atoms with van der Waals surface area (Å²) in [6, 6.07) is 0. The molecule has 0 bridgehead atoms. The van der Waals surface area contributed by atoms with E-state index in [0.29, 0.717) is 17.4 Å². The van der Waals surface area contributed by atoms with Gasteiger partial charge in [0.25, 0.3) is 0 Å². The summed E-state index contributed by atoms with van der Waals surface area (Å²) >= 11 is 0. The Morgan fingerprint density at radius 1 is 0.432 bits per heavy atom. The molecule has 0 rings (SSSR count). The average Bonchev–Trinajstić information content (AvgIpc) is 3.36. The summed E-state index contributed by atoms with van der Waals surface area (Å²) in [4.78, 5) is 35.7. The van der Waals surface area contributed by atoms with Crippen molar-refractivity contribution in [3.05, 3.63) is 85.1 Å². The zero-order valence-corrected chi connectivity index (χ0v) is 49.5. The van der Waals surface area contributed by atoms with E-state index in [1.807, 2.05) is 21.1 Å². The second-order valence-corrected chi connectivity index (χ2v) is 22.8. The van der Waals surface area contributed by atoms with Crippen LogP contribution in [0.2, 0.25) is 0 Å². The van der Waals surface area contributed by atoms with Crippen molar-refractivity contribution < 1.29 is 42.1 Å². The number of hydrogen-bond donors (Lipinski definition) is 1. The maximum Gasteiger partial charge on any atom is 0.472 e. The van der Waals surface area contributed by atoms with Crippen LogP contribution in [0.25, 0.3) is 0 Å². The molecule has 0 aromatic heterocycles. The highest BCUT2D eigenvalue weighted by atomic mass is 31.2. The predicted octanol–water partition coefficient (Wildman–Crippen LogP) is 19.0. The molecule has 2 atom stereocenters. The highest BCUT2D eigenvalue weighted by Crippen LogP contribution is 2.43. The molecule has 0 aliphatic rings. The van der Waals surface area contributed by atoms with Gasteiger partial charge in [0.05, 0.1) is 27.7 Å². The summed E-state index contributed by atoms with van der Waals surface area (Å²) in [7, 11) is 1.47. The lowest BCUT2D eigenvalue weighted by atomic mass is 10.0. The van der Waals surface area contributed by atoms with Crippen molar-refractivity contribution in [1.29, 1.82) is 0 Å². The first kappa shape index (κ1) is 71.2. The van der Waals surface area contributed by atoms with Gasteiger partial charge >= 0.3 is 19.8 Å². The lowest BCUT2D eigenvalue weighted by Crippen LogP contribution is -2.37. The molecule has 0 aliphatic carbocycles. The van der Waals surface area contributed by atoms with E-state index >= 15 is 0 Å². The quantitative estimate of drug-likeness (QED) is 0.0211. The summed E-state index contributed by atoms with van der Waals surface area (Å²) < 4.78 is 34.6. The van der Waals surface area contributed by atoms with Gasteiger partial charge in [-0.1, -0.05) is 240 Å². The van der Waals surface area contributed by atoms with Gasteiger partial charge in [-0.2, -0.15) is 0 Å². The smallest absolute Gasteiger partial charge is 0.462 e. The van der Waals surface area contributed by atoms with E-state index in [0.717, 1.165) is 83.5 Å². The van der Waals surface area contributed by atoms with Crippen molar-refractivity contribution in [1.82, 2.24) is 0 Å². The summed E-state index contributed by atoms with van der Waals surface area (Å²) in [6.45, 7) is 4.29. The number of allylic oxidation sites excluding steroid dienone is 14. The van der Waals surface area contributed by atoms with Gasteiger partial charge in [0.2, 0.25) is 0 Å². The van der Waals surface area contributed by atoms with Crippen LogP contribution in [-0.2, 0) is 32.7 Å². The van der Waals surface area contributed by atoms with Crippen molar-refractivity contribution in [2.24, 2.45) is 0 Å². The van der Waals surface area contributed by atoms with Crippen LogP contribution in [0, 0.1) is 0 Å². The van der Waals surface area contributed by atoms with Crippen LogP contribution < -0.4 is 0 Å². The zero-order chi connectivity index (χ0) is 54.2. The molecule has 1 N–H and O–H groups in total. The molecular formula is C64H115NO8P+. The first-order valence-electron chi connectivity index (χ1n) is 30.3. The van der Waals surface area contributed by atoms with Crippen molar-refractivity contribution in [3.8, 4) is 0 Å². The van der Waals surface area contributed by atoms with Crippen LogP contribution in [0.5, 0.6) is 0 Å². The highest BCUT2D eigenvalue weighted by Gasteiger charge is 2.27. The predicted molar refractivity (Wildman–Crippen MR) is 316 cm³/mol. The van der Waals surface area contributed by atoms with E-state index in [1.54, 1.807) is 0 Å². The Kier molecular flexibility index (Phi) is 52.9. The Morgan fingerprint density at radius 2 is 0.770 bits per heavy atom. The number of ether oxygens (including phenoxy) is 2. The van der Waals surface area contributed by atoms with Crippen molar-refractivity contribution in [2.45, 2.75) is 264 Å². The standard InChI is InChI=1S/C64H114NO8P/c1-6-8-10-12-14-16-18-20-22-24-26-27-28-29-30-31-32-33-34-35-36-37-39-41-43-45-47-49-51-53-55-57-64(67)73-62(61-72-74(68,69)71-59-58-65(3,4)5)60-70-63(66)56-54-52-50-48-46-44-42-40-38-25-23-21-19-17-15-13-11-9-7-2/h8,10,14-17,20-23,26-27,38,40,62H,6-7,9,11-13,18-19,24-25,28-37,39,41-61H2,1-5H3/p+1/b10-8-,16-14-,17-15-,22-20-,23-21-,27-26-,40-38-. The molecule has 0 saturated carbocycles. The van der Waals surface area contributed by atoms with Crippen LogP contribution in [0.1, 0.15) is 258 Å².